The second-order valence-corrected chi connectivity index (χ2v) is 6.13. The number of carbonyl (C=O) groups is 1. The van der Waals surface area contributed by atoms with Gasteiger partial charge in [-0.2, -0.15) is 0 Å². The van der Waals surface area contributed by atoms with Crippen molar-refractivity contribution in [2.75, 3.05) is 26.3 Å². The van der Waals surface area contributed by atoms with E-state index in [0.717, 1.165) is 32.2 Å². The summed E-state index contributed by atoms with van der Waals surface area (Å²) in [6.45, 7) is 1.96. The number of nitrogens with zero attached hydrogens (tertiary/aromatic N) is 1. The van der Waals surface area contributed by atoms with Gasteiger partial charge in [0.2, 0.25) is 0 Å². The van der Waals surface area contributed by atoms with Crippen molar-refractivity contribution in [3.8, 4) is 5.75 Å². The predicted octanol–water partition coefficient (Wildman–Crippen LogP) is 3.06. The summed E-state index contributed by atoms with van der Waals surface area (Å²) in [6, 6.07) is 7.47. The van der Waals surface area contributed by atoms with Crippen LogP contribution in [0, 0.1) is 0 Å². The van der Waals surface area contributed by atoms with Gasteiger partial charge in [0.15, 0.2) is 0 Å². The summed E-state index contributed by atoms with van der Waals surface area (Å²) >= 11 is 6.01. The molecular formula is C17H25ClN2O3. The Morgan fingerprint density at radius 1 is 1.39 bits per heavy atom. The second kappa shape index (κ2) is 9.63. The van der Waals surface area contributed by atoms with Crippen LogP contribution in [0.5, 0.6) is 5.75 Å². The lowest BCUT2D eigenvalue weighted by atomic mass is 10.0. The Balaban J connectivity index is 1.67. The van der Waals surface area contributed by atoms with Gasteiger partial charge in [-0.1, -0.05) is 23.7 Å². The van der Waals surface area contributed by atoms with E-state index in [1.807, 2.05) is 23.1 Å². The van der Waals surface area contributed by atoms with Crippen LogP contribution in [0.2, 0.25) is 5.02 Å². The minimum atomic E-state index is -0.0408. The number of halogens is 1. The van der Waals surface area contributed by atoms with Crippen LogP contribution in [-0.2, 0) is 0 Å². The molecule has 128 valence electrons. The number of hydrogen-bond donors (Lipinski definition) is 2. The fourth-order valence-electron chi connectivity index (χ4n) is 2.83. The summed E-state index contributed by atoms with van der Waals surface area (Å²) in [7, 11) is 0. The van der Waals surface area contributed by atoms with Gasteiger partial charge in [0.1, 0.15) is 5.75 Å². The number of piperidine rings is 1. The van der Waals surface area contributed by atoms with E-state index in [4.69, 9.17) is 21.4 Å². The van der Waals surface area contributed by atoms with Crippen LogP contribution in [-0.4, -0.2) is 48.4 Å². The molecule has 1 unspecified atom stereocenters. The maximum absolute atomic E-state index is 12.2. The van der Waals surface area contributed by atoms with Crippen molar-refractivity contribution in [3.63, 3.8) is 0 Å². The van der Waals surface area contributed by atoms with Gasteiger partial charge < -0.3 is 20.1 Å². The highest BCUT2D eigenvalue weighted by Crippen LogP contribution is 2.23. The molecule has 0 spiro atoms. The highest BCUT2D eigenvalue weighted by molar-refractivity contribution is 6.32. The quantitative estimate of drug-likeness (QED) is 0.750. The number of rotatable bonds is 7. The van der Waals surface area contributed by atoms with E-state index in [1.54, 1.807) is 6.07 Å². The SMILES string of the molecule is O=C(NCCCOc1ccccc1Cl)N1CCCCC1CCO. The number of urea groups is 1. The Bertz CT molecular complexity index is 496. The number of amides is 2. The topological polar surface area (TPSA) is 61.8 Å². The predicted molar refractivity (Wildman–Crippen MR) is 91.0 cm³/mol. The molecule has 1 aromatic carbocycles. The van der Waals surface area contributed by atoms with E-state index in [2.05, 4.69) is 5.32 Å². The first kappa shape index (κ1) is 17.9. The average Bonchev–Trinajstić information content (AvgIpc) is 2.57. The Labute approximate surface area is 142 Å². The number of para-hydroxylation sites is 1. The van der Waals surface area contributed by atoms with Gasteiger partial charge in [0.05, 0.1) is 11.6 Å². The van der Waals surface area contributed by atoms with Crippen molar-refractivity contribution < 1.29 is 14.6 Å². The number of aliphatic hydroxyl groups excluding tert-OH is 1. The standard InChI is InChI=1S/C17H25ClN2O3/c18-15-7-1-2-8-16(15)23-13-5-10-19-17(22)20-11-4-3-6-14(20)9-12-21/h1-2,7-8,14,21H,3-6,9-13H2,(H,19,22). The van der Waals surface area contributed by atoms with Crippen LogP contribution >= 0.6 is 11.6 Å². The molecule has 1 saturated heterocycles. The molecule has 6 heteroatoms. The molecule has 2 amide bonds. The van der Waals surface area contributed by atoms with E-state index in [9.17, 15) is 4.79 Å². The first-order valence-electron chi connectivity index (χ1n) is 8.25. The van der Waals surface area contributed by atoms with Crippen molar-refractivity contribution in [1.29, 1.82) is 0 Å². The van der Waals surface area contributed by atoms with E-state index >= 15 is 0 Å². The third-order valence-electron chi connectivity index (χ3n) is 4.04. The second-order valence-electron chi connectivity index (χ2n) is 5.72. The van der Waals surface area contributed by atoms with Crippen LogP contribution in [0.25, 0.3) is 0 Å². The third kappa shape index (κ3) is 5.59. The van der Waals surface area contributed by atoms with Gasteiger partial charge in [-0.3, -0.25) is 0 Å². The number of ether oxygens (including phenoxy) is 1. The largest absolute Gasteiger partial charge is 0.492 e. The van der Waals surface area contributed by atoms with Crippen molar-refractivity contribution in [2.24, 2.45) is 0 Å². The zero-order valence-electron chi connectivity index (χ0n) is 13.3. The summed E-state index contributed by atoms with van der Waals surface area (Å²) in [5.41, 5.74) is 0. The normalized spacial score (nSPS) is 17.8. The van der Waals surface area contributed by atoms with Gasteiger partial charge in [0.25, 0.3) is 0 Å². The van der Waals surface area contributed by atoms with E-state index in [-0.39, 0.29) is 18.7 Å². The lowest BCUT2D eigenvalue weighted by molar-refractivity contribution is 0.131. The lowest BCUT2D eigenvalue weighted by Crippen LogP contribution is -2.49. The molecule has 2 N–H and O–H groups in total. The minimum Gasteiger partial charge on any atom is -0.492 e. The molecule has 0 bridgehead atoms. The minimum absolute atomic E-state index is 0.0408. The maximum Gasteiger partial charge on any atom is 0.317 e. The number of likely N-dealkylation sites (tertiary alicyclic amines) is 1. The van der Waals surface area contributed by atoms with Crippen LogP contribution in [0.1, 0.15) is 32.1 Å². The Hall–Kier alpha value is -1.46. The number of hydrogen-bond acceptors (Lipinski definition) is 3. The molecule has 1 aliphatic rings. The molecule has 23 heavy (non-hydrogen) atoms. The van der Waals surface area contributed by atoms with Crippen LogP contribution < -0.4 is 10.1 Å². The smallest absolute Gasteiger partial charge is 0.317 e. The Kier molecular flexibility index (Phi) is 7.49. The molecular weight excluding hydrogens is 316 g/mol. The molecule has 0 saturated carbocycles. The number of benzene rings is 1. The highest BCUT2D eigenvalue weighted by atomic mass is 35.5. The highest BCUT2D eigenvalue weighted by Gasteiger charge is 2.25. The molecule has 1 heterocycles. The first-order valence-corrected chi connectivity index (χ1v) is 8.63. The van der Waals surface area contributed by atoms with Crippen molar-refractivity contribution in [1.82, 2.24) is 10.2 Å². The van der Waals surface area contributed by atoms with Crippen molar-refractivity contribution in [3.05, 3.63) is 29.3 Å². The van der Waals surface area contributed by atoms with Gasteiger partial charge in [0, 0.05) is 25.7 Å². The number of aliphatic hydroxyl groups is 1. The maximum atomic E-state index is 12.2. The van der Waals surface area contributed by atoms with Gasteiger partial charge in [-0.25, -0.2) is 4.79 Å². The summed E-state index contributed by atoms with van der Waals surface area (Å²) < 4.78 is 5.59. The molecule has 1 fully saturated rings. The van der Waals surface area contributed by atoms with Crippen LogP contribution in [0.3, 0.4) is 0 Å². The molecule has 0 aromatic heterocycles. The molecule has 5 nitrogen and oxygen atoms in total. The van der Waals surface area contributed by atoms with Crippen molar-refractivity contribution in [2.45, 2.75) is 38.1 Å². The zero-order chi connectivity index (χ0) is 16.5. The molecule has 2 rings (SSSR count). The zero-order valence-corrected chi connectivity index (χ0v) is 14.1. The fourth-order valence-corrected chi connectivity index (χ4v) is 3.02. The molecule has 1 atom stereocenters. The molecule has 1 aromatic rings. The number of nitrogens with one attached hydrogen (secondary N) is 1. The number of carbonyl (C=O) groups excluding carboxylic acids is 1. The molecule has 0 radical (unpaired) electrons. The first-order chi connectivity index (χ1) is 11.2. The summed E-state index contributed by atoms with van der Waals surface area (Å²) in [6.07, 6.45) is 4.51. The van der Waals surface area contributed by atoms with Crippen molar-refractivity contribution >= 4 is 17.6 Å². The summed E-state index contributed by atoms with van der Waals surface area (Å²) in [4.78, 5) is 14.1. The van der Waals surface area contributed by atoms with Crippen LogP contribution in [0.4, 0.5) is 4.79 Å². The lowest BCUT2D eigenvalue weighted by Gasteiger charge is -2.35. The van der Waals surface area contributed by atoms with E-state index < -0.39 is 0 Å². The Morgan fingerprint density at radius 3 is 3.00 bits per heavy atom. The van der Waals surface area contributed by atoms with Gasteiger partial charge in [-0.15, -0.1) is 0 Å². The molecule has 1 aliphatic heterocycles. The average molecular weight is 341 g/mol. The van der Waals surface area contributed by atoms with Gasteiger partial charge >= 0.3 is 6.03 Å². The monoisotopic (exact) mass is 340 g/mol. The Morgan fingerprint density at radius 2 is 2.22 bits per heavy atom. The van der Waals surface area contributed by atoms with Gasteiger partial charge in [-0.05, 0) is 44.2 Å². The van der Waals surface area contributed by atoms with Crippen LogP contribution in [0.15, 0.2) is 24.3 Å². The summed E-state index contributed by atoms with van der Waals surface area (Å²) in [5.74, 6) is 0.666. The fraction of sp³-hybridized carbons (Fsp3) is 0.588. The van der Waals surface area contributed by atoms with E-state index in [1.165, 1.54) is 0 Å². The molecule has 0 aliphatic carbocycles. The van der Waals surface area contributed by atoms with E-state index in [0.29, 0.717) is 30.3 Å². The third-order valence-corrected chi connectivity index (χ3v) is 4.35. The summed E-state index contributed by atoms with van der Waals surface area (Å²) in [5, 5.41) is 12.6.